The molecule has 0 bridgehead atoms. The van der Waals surface area contributed by atoms with E-state index in [1.807, 2.05) is 24.3 Å². The van der Waals surface area contributed by atoms with Gasteiger partial charge in [-0.05, 0) is 71.5 Å². The number of nitrogens with two attached hydrogens (primary N) is 1. The normalized spacial score (nSPS) is 13.6. The second-order valence-corrected chi connectivity index (χ2v) is 5.87. The molecule has 0 radical (unpaired) electrons. The number of anilines is 1. The fourth-order valence-corrected chi connectivity index (χ4v) is 2.24. The van der Waals surface area contributed by atoms with Crippen LogP contribution in [-0.2, 0) is 10.3 Å². The lowest BCUT2D eigenvalue weighted by Crippen LogP contribution is -2.45. The number of nitrogens with one attached hydrogen (secondary N) is 1. The minimum atomic E-state index is -1.05. The van der Waals surface area contributed by atoms with Crippen molar-refractivity contribution in [2.45, 2.75) is 12.5 Å². The lowest BCUT2D eigenvalue weighted by atomic mass is 9.91. The van der Waals surface area contributed by atoms with E-state index < -0.39 is 11.4 Å². The molecule has 3 nitrogen and oxygen atoms in total. The van der Waals surface area contributed by atoms with Gasteiger partial charge in [-0.25, -0.2) is 4.39 Å². The van der Waals surface area contributed by atoms with Gasteiger partial charge in [0.2, 0.25) is 5.91 Å². The van der Waals surface area contributed by atoms with E-state index in [0.29, 0.717) is 5.69 Å². The fraction of sp³-hybridized carbons (Fsp3) is 0.133. The topological polar surface area (TPSA) is 55.1 Å². The Morgan fingerprint density at radius 3 is 2.20 bits per heavy atom. The Labute approximate surface area is 130 Å². The van der Waals surface area contributed by atoms with E-state index in [2.05, 4.69) is 27.9 Å². The summed E-state index contributed by atoms with van der Waals surface area (Å²) in [6, 6.07) is 13.3. The molecule has 1 amide bonds. The highest BCUT2D eigenvalue weighted by Gasteiger charge is 2.33. The predicted molar refractivity (Wildman–Crippen MR) is 85.7 cm³/mol. The quantitative estimate of drug-likeness (QED) is 0.796. The summed E-state index contributed by atoms with van der Waals surface area (Å²) in [5, 5.41) is 3.07. The van der Waals surface area contributed by atoms with E-state index in [0.717, 1.165) is 9.13 Å². The first kappa shape index (κ1) is 14.8. The van der Waals surface area contributed by atoms with Crippen molar-refractivity contribution in [3.8, 4) is 0 Å². The molecule has 104 valence electrons. The predicted octanol–water partition coefficient (Wildman–Crippen LogP) is 3.24. The number of carbonyl (C=O) groups is 1. The number of hydrogen-bond donors (Lipinski definition) is 2. The average Bonchev–Trinajstić information content (AvgIpc) is 2.42. The highest BCUT2D eigenvalue weighted by atomic mass is 127. The van der Waals surface area contributed by atoms with Crippen molar-refractivity contribution in [3.05, 3.63) is 63.5 Å². The first-order valence-corrected chi connectivity index (χ1v) is 7.09. The van der Waals surface area contributed by atoms with Crippen molar-refractivity contribution in [1.82, 2.24) is 0 Å². The van der Waals surface area contributed by atoms with Gasteiger partial charge in [-0.15, -0.1) is 0 Å². The molecule has 2 aromatic carbocycles. The Balaban J connectivity index is 2.37. The van der Waals surface area contributed by atoms with Crippen LogP contribution in [0.15, 0.2) is 48.5 Å². The van der Waals surface area contributed by atoms with Gasteiger partial charge in [0.1, 0.15) is 11.4 Å². The summed E-state index contributed by atoms with van der Waals surface area (Å²) in [5.74, 6) is -0.825. The third-order valence-electron chi connectivity index (χ3n) is 3.15. The molecule has 0 aliphatic heterocycles. The minimum absolute atomic E-state index is 0.328. The number of benzene rings is 2. The summed E-state index contributed by atoms with van der Waals surface area (Å²) in [4.78, 5) is 11.9. The van der Waals surface area contributed by atoms with Crippen LogP contribution in [0, 0.1) is 9.39 Å². The van der Waals surface area contributed by atoms with Gasteiger partial charge in [-0.1, -0.05) is 12.1 Å². The largest absolute Gasteiger partial charge is 0.368 e. The first-order chi connectivity index (χ1) is 9.41. The van der Waals surface area contributed by atoms with Gasteiger partial charge in [0.05, 0.1) is 0 Å². The average molecular weight is 384 g/mol. The molecule has 0 aromatic heterocycles. The van der Waals surface area contributed by atoms with Crippen molar-refractivity contribution in [2.75, 3.05) is 5.32 Å². The van der Waals surface area contributed by atoms with Crippen LogP contribution in [0.1, 0.15) is 12.5 Å². The highest BCUT2D eigenvalue weighted by molar-refractivity contribution is 14.1. The van der Waals surface area contributed by atoms with E-state index in [9.17, 15) is 9.18 Å². The van der Waals surface area contributed by atoms with Crippen LogP contribution in [0.3, 0.4) is 0 Å². The molecule has 0 saturated heterocycles. The SMILES string of the molecule is CC(Nc1ccc(F)cc1)(C(N)=O)c1ccc(I)cc1. The third kappa shape index (κ3) is 3.09. The smallest absolute Gasteiger partial charge is 0.247 e. The van der Waals surface area contributed by atoms with Crippen molar-refractivity contribution in [3.63, 3.8) is 0 Å². The van der Waals surface area contributed by atoms with Crippen LogP contribution >= 0.6 is 22.6 Å². The number of hydrogen-bond acceptors (Lipinski definition) is 2. The van der Waals surface area contributed by atoms with Crippen LogP contribution < -0.4 is 11.1 Å². The second kappa shape index (κ2) is 5.78. The molecular formula is C15H14FIN2O. The molecule has 0 saturated carbocycles. The molecule has 0 aliphatic rings. The number of halogens is 2. The third-order valence-corrected chi connectivity index (χ3v) is 3.87. The molecule has 0 aliphatic carbocycles. The summed E-state index contributed by atoms with van der Waals surface area (Å²) < 4.78 is 14.0. The molecule has 3 N–H and O–H groups in total. The molecule has 0 spiro atoms. The van der Waals surface area contributed by atoms with Gasteiger partial charge < -0.3 is 11.1 Å². The standard InChI is InChI=1S/C15H14FIN2O/c1-15(14(18)20,10-2-6-12(17)7-3-10)19-13-8-4-11(16)5-9-13/h2-9,19H,1H3,(H2,18,20). The van der Waals surface area contributed by atoms with Crippen molar-refractivity contribution < 1.29 is 9.18 Å². The molecule has 5 heteroatoms. The van der Waals surface area contributed by atoms with Gasteiger partial charge in [0.25, 0.3) is 0 Å². The monoisotopic (exact) mass is 384 g/mol. The maximum Gasteiger partial charge on any atom is 0.247 e. The van der Waals surface area contributed by atoms with E-state index in [1.54, 1.807) is 19.1 Å². The van der Waals surface area contributed by atoms with Crippen LogP contribution in [-0.4, -0.2) is 5.91 Å². The van der Waals surface area contributed by atoms with Crippen molar-refractivity contribution >= 4 is 34.2 Å². The zero-order valence-corrected chi connectivity index (χ0v) is 13.0. The van der Waals surface area contributed by atoms with Crippen LogP contribution in [0.5, 0.6) is 0 Å². The minimum Gasteiger partial charge on any atom is -0.368 e. The fourth-order valence-electron chi connectivity index (χ4n) is 1.88. The van der Waals surface area contributed by atoms with Crippen molar-refractivity contribution in [1.29, 1.82) is 0 Å². The molecule has 1 atom stereocenters. The first-order valence-electron chi connectivity index (χ1n) is 6.01. The van der Waals surface area contributed by atoms with Crippen LogP contribution in [0.4, 0.5) is 10.1 Å². The van der Waals surface area contributed by atoms with Crippen LogP contribution in [0.25, 0.3) is 0 Å². The summed E-state index contributed by atoms with van der Waals surface area (Å²) in [5.41, 5.74) is 5.88. The van der Waals surface area contributed by atoms with Gasteiger partial charge in [-0.2, -0.15) is 0 Å². The van der Waals surface area contributed by atoms with Crippen LogP contribution in [0.2, 0.25) is 0 Å². The summed E-state index contributed by atoms with van der Waals surface area (Å²) in [7, 11) is 0. The number of amides is 1. The second-order valence-electron chi connectivity index (χ2n) is 4.63. The number of carbonyl (C=O) groups excluding carboxylic acids is 1. The molecule has 2 rings (SSSR count). The van der Waals surface area contributed by atoms with E-state index in [-0.39, 0.29) is 5.82 Å². The Hall–Kier alpha value is -1.63. The summed E-state index contributed by atoms with van der Waals surface area (Å²) in [6.07, 6.45) is 0. The summed E-state index contributed by atoms with van der Waals surface area (Å²) in [6.45, 7) is 1.71. The molecular weight excluding hydrogens is 370 g/mol. The lowest BCUT2D eigenvalue weighted by molar-refractivity contribution is -0.122. The van der Waals surface area contributed by atoms with Crippen molar-refractivity contribution in [2.24, 2.45) is 5.73 Å². The van der Waals surface area contributed by atoms with Gasteiger partial charge in [0.15, 0.2) is 0 Å². The summed E-state index contributed by atoms with van der Waals surface area (Å²) >= 11 is 2.19. The van der Waals surface area contributed by atoms with Gasteiger partial charge in [0, 0.05) is 9.26 Å². The zero-order chi connectivity index (χ0) is 14.8. The zero-order valence-electron chi connectivity index (χ0n) is 10.9. The molecule has 1 unspecified atom stereocenters. The highest BCUT2D eigenvalue weighted by Crippen LogP contribution is 2.26. The maximum atomic E-state index is 12.9. The Kier molecular flexibility index (Phi) is 4.27. The lowest BCUT2D eigenvalue weighted by Gasteiger charge is -2.29. The van der Waals surface area contributed by atoms with E-state index in [1.165, 1.54) is 12.1 Å². The van der Waals surface area contributed by atoms with Gasteiger partial charge in [-0.3, -0.25) is 4.79 Å². The molecule has 0 heterocycles. The molecule has 0 fully saturated rings. The Morgan fingerprint density at radius 2 is 1.70 bits per heavy atom. The van der Waals surface area contributed by atoms with E-state index in [4.69, 9.17) is 5.73 Å². The van der Waals surface area contributed by atoms with Gasteiger partial charge >= 0.3 is 0 Å². The Bertz CT molecular complexity index is 613. The molecule has 2 aromatic rings. The number of primary amides is 1. The number of rotatable bonds is 4. The maximum absolute atomic E-state index is 12.9. The Morgan fingerprint density at radius 1 is 1.15 bits per heavy atom. The van der Waals surface area contributed by atoms with E-state index >= 15 is 0 Å². The molecule has 20 heavy (non-hydrogen) atoms.